The van der Waals surface area contributed by atoms with Crippen molar-refractivity contribution in [1.29, 1.82) is 10.5 Å². The molecule has 1 aliphatic rings. The maximum Gasteiger partial charge on any atom is 0.236 e. The number of nitrogens with one attached hydrogen (secondary N) is 1. The average molecular weight is 388 g/mol. The molecule has 1 aromatic heterocycles. The first-order valence-corrected chi connectivity index (χ1v) is 9.88. The largest absolute Gasteiger partial charge is 0.340 e. The molecule has 0 aliphatic carbocycles. The monoisotopic (exact) mass is 388 g/mol. The number of piperidine rings is 1. The maximum absolute atomic E-state index is 12.5. The van der Waals surface area contributed by atoms with Crippen LogP contribution in [0.1, 0.15) is 31.4 Å². The van der Waals surface area contributed by atoms with E-state index >= 15 is 0 Å². The summed E-state index contributed by atoms with van der Waals surface area (Å²) >= 11 is 1.42. The topological polar surface area (TPSA) is 113 Å². The van der Waals surface area contributed by atoms with Crippen LogP contribution in [-0.2, 0) is 9.59 Å². The molecule has 9 heteroatoms. The van der Waals surface area contributed by atoms with Gasteiger partial charge in [0, 0.05) is 24.4 Å². The van der Waals surface area contributed by atoms with Gasteiger partial charge >= 0.3 is 0 Å². The van der Waals surface area contributed by atoms with Crippen molar-refractivity contribution in [3.05, 3.63) is 11.1 Å². The Kier molecular flexibility index (Phi) is 8.18. The van der Waals surface area contributed by atoms with E-state index in [2.05, 4.69) is 10.3 Å². The first kappa shape index (κ1) is 20.8. The van der Waals surface area contributed by atoms with Crippen LogP contribution in [0.4, 0.5) is 5.13 Å². The number of anilines is 1. The minimum absolute atomic E-state index is 0.0139. The van der Waals surface area contributed by atoms with Crippen molar-refractivity contribution in [2.75, 3.05) is 38.0 Å². The van der Waals surface area contributed by atoms with E-state index in [0.29, 0.717) is 44.2 Å². The van der Waals surface area contributed by atoms with Crippen molar-refractivity contribution in [3.63, 3.8) is 0 Å². The molecule has 8 nitrogen and oxygen atoms in total. The summed E-state index contributed by atoms with van der Waals surface area (Å²) in [7, 11) is 0. The Hall–Kier alpha value is -2.49. The number of rotatable bonds is 8. The molecule has 27 heavy (non-hydrogen) atoms. The number of likely N-dealkylation sites (tertiary alicyclic amines) is 1. The van der Waals surface area contributed by atoms with E-state index in [-0.39, 0.29) is 37.1 Å². The number of hydrogen-bond donors (Lipinski definition) is 1. The molecule has 1 aromatic rings. The zero-order chi connectivity index (χ0) is 19.6. The molecule has 0 bridgehead atoms. The normalized spacial score (nSPS) is 14.9. The molecule has 2 heterocycles. The molecule has 0 atom stereocenters. The number of amides is 2. The van der Waals surface area contributed by atoms with Gasteiger partial charge < -0.3 is 10.2 Å². The molecule has 0 aromatic carbocycles. The van der Waals surface area contributed by atoms with Gasteiger partial charge in [-0.15, -0.1) is 11.3 Å². The Morgan fingerprint density at radius 1 is 1.30 bits per heavy atom. The highest BCUT2D eigenvalue weighted by atomic mass is 32.1. The molecular weight excluding hydrogens is 364 g/mol. The molecule has 0 unspecified atom stereocenters. The van der Waals surface area contributed by atoms with Crippen LogP contribution >= 0.6 is 11.3 Å². The fourth-order valence-electron chi connectivity index (χ4n) is 2.99. The molecule has 144 valence electrons. The fourth-order valence-corrected chi connectivity index (χ4v) is 3.69. The first-order valence-electron chi connectivity index (χ1n) is 9.00. The maximum atomic E-state index is 12.5. The van der Waals surface area contributed by atoms with Crippen LogP contribution in [0.3, 0.4) is 0 Å². The molecule has 1 N–H and O–H groups in total. The van der Waals surface area contributed by atoms with Gasteiger partial charge in [-0.3, -0.25) is 14.5 Å². The predicted molar refractivity (Wildman–Crippen MR) is 102 cm³/mol. The zero-order valence-electron chi connectivity index (χ0n) is 15.5. The first-order chi connectivity index (χ1) is 13.0. The van der Waals surface area contributed by atoms with E-state index in [0.717, 1.165) is 5.69 Å². The second kappa shape index (κ2) is 10.6. The van der Waals surface area contributed by atoms with E-state index in [9.17, 15) is 9.59 Å². The summed E-state index contributed by atoms with van der Waals surface area (Å²) in [6.07, 6.45) is 1.91. The van der Waals surface area contributed by atoms with Crippen molar-refractivity contribution in [1.82, 2.24) is 14.8 Å². The summed E-state index contributed by atoms with van der Waals surface area (Å²) in [6, 6.07) is 4.07. The van der Waals surface area contributed by atoms with Crippen LogP contribution in [0.25, 0.3) is 0 Å². The summed E-state index contributed by atoms with van der Waals surface area (Å²) < 4.78 is 0. The summed E-state index contributed by atoms with van der Waals surface area (Å²) in [5.41, 5.74) is 0.890. The second-order valence-corrected chi connectivity index (χ2v) is 7.39. The van der Waals surface area contributed by atoms with Gasteiger partial charge in [0.1, 0.15) is 0 Å². The lowest BCUT2D eigenvalue weighted by molar-refractivity contribution is -0.132. The summed E-state index contributed by atoms with van der Waals surface area (Å²) in [6.45, 7) is 4.19. The Bertz CT molecular complexity index is 709. The molecule has 0 radical (unpaired) electrons. The van der Waals surface area contributed by atoms with Crippen LogP contribution in [0.2, 0.25) is 0 Å². The summed E-state index contributed by atoms with van der Waals surface area (Å²) in [4.78, 5) is 32.7. The molecule has 0 saturated carbocycles. The lowest BCUT2D eigenvalue weighted by atomic mass is 9.96. The molecule has 2 rings (SSSR count). The third-order valence-electron chi connectivity index (χ3n) is 4.51. The smallest absolute Gasteiger partial charge is 0.236 e. The Morgan fingerprint density at radius 2 is 1.93 bits per heavy atom. The van der Waals surface area contributed by atoms with Gasteiger partial charge in [0.15, 0.2) is 5.13 Å². The van der Waals surface area contributed by atoms with E-state index in [4.69, 9.17) is 10.5 Å². The number of nitriles is 2. The number of carbonyl (C=O) groups excluding carboxylic acids is 2. The highest BCUT2D eigenvalue weighted by Crippen LogP contribution is 2.21. The minimum atomic E-state index is -0.0751. The summed E-state index contributed by atoms with van der Waals surface area (Å²) in [5.74, 6) is -0.157. The number of aryl methyl sites for hydroxylation is 1. The van der Waals surface area contributed by atoms with E-state index in [1.54, 1.807) is 4.90 Å². The van der Waals surface area contributed by atoms with Gasteiger partial charge in [0.25, 0.3) is 0 Å². The SMILES string of the molecule is Cc1csc(NC(=O)C2CCN(CC(=O)N(CCC#N)CCC#N)CC2)n1. The lowest BCUT2D eigenvalue weighted by Crippen LogP contribution is -2.45. The van der Waals surface area contributed by atoms with Crippen molar-refractivity contribution < 1.29 is 9.59 Å². The number of thiazole rings is 1. The predicted octanol–water partition coefficient (Wildman–Crippen LogP) is 1.76. The zero-order valence-corrected chi connectivity index (χ0v) is 16.3. The minimum Gasteiger partial charge on any atom is -0.340 e. The van der Waals surface area contributed by atoms with Crippen molar-refractivity contribution >= 4 is 28.3 Å². The van der Waals surface area contributed by atoms with Gasteiger partial charge in [-0.25, -0.2) is 4.98 Å². The van der Waals surface area contributed by atoms with Gasteiger partial charge in [0.2, 0.25) is 11.8 Å². The Labute approximate surface area is 163 Å². The number of carbonyl (C=O) groups is 2. The van der Waals surface area contributed by atoms with Gasteiger partial charge in [-0.2, -0.15) is 10.5 Å². The second-order valence-electron chi connectivity index (χ2n) is 6.53. The van der Waals surface area contributed by atoms with Crippen LogP contribution in [0, 0.1) is 35.5 Å². The van der Waals surface area contributed by atoms with Gasteiger partial charge in [0.05, 0.1) is 37.2 Å². The number of hydrogen-bond acceptors (Lipinski definition) is 7. The highest BCUT2D eigenvalue weighted by Gasteiger charge is 2.27. The Balaban J connectivity index is 1.78. The standard InChI is InChI=1S/C18H24N6O2S/c1-14-13-27-18(21-14)22-17(26)15-4-10-23(11-5-15)12-16(25)24(8-2-6-19)9-3-7-20/h13,15H,2-5,8-12H2,1H3,(H,21,22,26). The third-order valence-corrected chi connectivity index (χ3v) is 5.38. The Morgan fingerprint density at radius 3 is 2.44 bits per heavy atom. The quantitative estimate of drug-likeness (QED) is 0.726. The number of aromatic nitrogens is 1. The molecule has 0 spiro atoms. The summed E-state index contributed by atoms with van der Waals surface area (Å²) in [5, 5.41) is 22.8. The molecule has 1 fully saturated rings. The van der Waals surface area contributed by atoms with Crippen LogP contribution in [0.15, 0.2) is 5.38 Å². The van der Waals surface area contributed by atoms with Crippen molar-refractivity contribution in [3.8, 4) is 12.1 Å². The van der Waals surface area contributed by atoms with Crippen LogP contribution in [-0.4, -0.2) is 59.3 Å². The lowest BCUT2D eigenvalue weighted by Gasteiger charge is -2.32. The van der Waals surface area contributed by atoms with Crippen molar-refractivity contribution in [2.45, 2.75) is 32.6 Å². The van der Waals surface area contributed by atoms with Crippen LogP contribution in [0.5, 0.6) is 0 Å². The van der Waals surface area contributed by atoms with Crippen LogP contribution < -0.4 is 5.32 Å². The van der Waals surface area contributed by atoms with Gasteiger partial charge in [-0.1, -0.05) is 0 Å². The van der Waals surface area contributed by atoms with E-state index in [1.807, 2.05) is 29.3 Å². The average Bonchev–Trinajstić information content (AvgIpc) is 3.07. The molecule has 1 aliphatic heterocycles. The third kappa shape index (κ3) is 6.63. The highest BCUT2D eigenvalue weighted by molar-refractivity contribution is 7.13. The molecule has 2 amide bonds. The van der Waals surface area contributed by atoms with Gasteiger partial charge in [-0.05, 0) is 32.9 Å². The molecular formula is C18H24N6O2S. The fraction of sp³-hybridized carbons (Fsp3) is 0.611. The van der Waals surface area contributed by atoms with E-state index < -0.39 is 0 Å². The van der Waals surface area contributed by atoms with E-state index in [1.165, 1.54) is 11.3 Å². The number of nitrogens with zero attached hydrogens (tertiary/aromatic N) is 5. The molecule has 1 saturated heterocycles. The van der Waals surface area contributed by atoms with Crippen molar-refractivity contribution in [2.24, 2.45) is 5.92 Å².